The second-order valence-corrected chi connectivity index (χ2v) is 22.8. The summed E-state index contributed by atoms with van der Waals surface area (Å²) in [5.41, 5.74) is 0.133. The average molecular weight is 1160 g/mol. The van der Waals surface area contributed by atoms with Crippen molar-refractivity contribution in [1.29, 1.82) is 0 Å². The number of aromatic nitrogens is 7. The zero-order chi connectivity index (χ0) is 55.5. The second kappa shape index (κ2) is 23.6. The van der Waals surface area contributed by atoms with Crippen molar-refractivity contribution in [2.24, 2.45) is 0 Å². The van der Waals surface area contributed by atoms with Crippen molar-refractivity contribution in [2.75, 3.05) is 6.54 Å². The van der Waals surface area contributed by atoms with Crippen LogP contribution in [-0.2, 0) is 14.4 Å². The Labute approximate surface area is 462 Å². The van der Waals surface area contributed by atoms with E-state index >= 15 is 0 Å². The van der Waals surface area contributed by atoms with Crippen molar-refractivity contribution in [3.63, 3.8) is 0 Å². The Morgan fingerprint density at radius 1 is 0.662 bits per heavy atom. The lowest BCUT2D eigenvalue weighted by Gasteiger charge is -2.28. The van der Waals surface area contributed by atoms with Gasteiger partial charge in [-0.1, -0.05) is 12.2 Å². The topological polar surface area (TPSA) is 343 Å². The van der Waals surface area contributed by atoms with Crippen molar-refractivity contribution in [3.8, 4) is 43.4 Å². The van der Waals surface area contributed by atoms with Gasteiger partial charge in [-0.25, -0.2) is 34.9 Å². The minimum absolute atomic E-state index is 0.0221. The van der Waals surface area contributed by atoms with Gasteiger partial charge in [0.1, 0.15) is 99.5 Å². The summed E-state index contributed by atoms with van der Waals surface area (Å²) in [4.78, 5) is 125. The molecule has 0 spiro atoms. The zero-order valence-electron chi connectivity index (χ0n) is 41.6. The third-order valence-corrected chi connectivity index (χ3v) is 16.5. The number of allylic oxidation sites excluding steroid dienone is 2. The van der Waals surface area contributed by atoms with Gasteiger partial charge in [0.15, 0.2) is 0 Å². The SMILES string of the molecule is CC=C(NC(=O)c1csc(-c2csc(-c3ccc4c(n3)-c3csc(n3)[C@@H]([C@H](C)O)NC(=O)c3csc(n3)[C@H](C(C)(C)O)NC(=O)c3csc(n3)C(=CC)NC(=O)[C@H]([C@@H](C)O)NC(=O)c3csc-4n3)n2)n1)C(=O)NCC(C)=O. The van der Waals surface area contributed by atoms with E-state index in [1.165, 1.54) is 79.6 Å². The predicted octanol–water partition coefficient (Wildman–Crippen LogP) is 4.89. The van der Waals surface area contributed by atoms with E-state index < -0.39 is 71.4 Å². The molecule has 0 radical (unpaired) electrons. The molecule has 9 N–H and O–H groups in total. The standard InChI is InChI=1S/C48H47N13O10S6/c1-8-23(36(65)49-12-19(3)62)51-37(66)27-15-74-45(56-27)31-18-75-44(58-31)25-11-10-22-34(50-25)26-13-76-46(53-26)33(21(5)64)60-39(68)29-17-77-47(57-29)35(48(6,7)71)61-40(69)30-16-73-43(55-30)24(9-2)52-41(70)32(20(4)63)59-38(67)28-14-72-42(22)54-28/h8-11,13-18,20-21,32-33,35,63-64,71H,12H2,1-7H3,(H,49,65)(H,51,66)(H,52,70)(H,59,67)(H,60,68)(H,61,69)/t20-,21+,32+,33-,35-/m1/s1. The molecule has 8 bridgehead atoms. The first-order valence-corrected chi connectivity index (χ1v) is 28.4. The van der Waals surface area contributed by atoms with Crippen LogP contribution in [0.2, 0.25) is 0 Å². The number of amides is 6. The number of hydrogen-bond acceptors (Lipinski definition) is 23. The van der Waals surface area contributed by atoms with E-state index in [1.807, 2.05) is 0 Å². The molecule has 0 aromatic carbocycles. The maximum Gasteiger partial charge on any atom is 0.275 e. The van der Waals surface area contributed by atoms with Crippen molar-refractivity contribution < 1.29 is 48.9 Å². The number of aliphatic hydroxyl groups is 3. The first-order chi connectivity index (χ1) is 36.6. The number of thiazole rings is 6. The predicted molar refractivity (Wildman–Crippen MR) is 291 cm³/mol. The highest BCUT2D eigenvalue weighted by molar-refractivity contribution is 7.15. The van der Waals surface area contributed by atoms with E-state index in [4.69, 9.17) is 15.0 Å². The summed E-state index contributed by atoms with van der Waals surface area (Å²) in [6.07, 6.45) is 0.364. The largest absolute Gasteiger partial charge is 0.391 e. The van der Waals surface area contributed by atoms with Crippen LogP contribution in [0, 0.1) is 0 Å². The van der Waals surface area contributed by atoms with Crippen LogP contribution in [0.25, 0.3) is 49.1 Å². The summed E-state index contributed by atoms with van der Waals surface area (Å²) in [5, 5.41) is 60.1. The van der Waals surface area contributed by atoms with E-state index in [0.29, 0.717) is 37.7 Å². The number of hydrogen-bond donors (Lipinski definition) is 9. The molecule has 1 aliphatic rings. The van der Waals surface area contributed by atoms with Crippen molar-refractivity contribution in [1.82, 2.24) is 66.8 Å². The van der Waals surface area contributed by atoms with E-state index in [2.05, 4.69) is 51.8 Å². The minimum atomic E-state index is -1.60. The summed E-state index contributed by atoms with van der Waals surface area (Å²) in [6, 6.07) is -0.270. The lowest BCUT2D eigenvalue weighted by Crippen LogP contribution is -2.52. The van der Waals surface area contributed by atoms with Crippen LogP contribution in [0.15, 0.2) is 62.3 Å². The van der Waals surface area contributed by atoms with Crippen molar-refractivity contribution in [3.05, 3.63) is 100 Å². The number of pyridine rings is 1. The van der Waals surface area contributed by atoms with Crippen LogP contribution in [0.1, 0.15) is 118 Å². The number of aliphatic hydroxyl groups excluding tert-OH is 2. The highest BCUT2D eigenvalue weighted by Crippen LogP contribution is 2.38. The monoisotopic (exact) mass is 1160 g/mol. The number of ketones is 1. The van der Waals surface area contributed by atoms with Gasteiger partial charge in [-0.2, -0.15) is 0 Å². The van der Waals surface area contributed by atoms with Gasteiger partial charge < -0.3 is 47.2 Å². The molecule has 7 aromatic rings. The number of rotatable bonds is 10. The minimum Gasteiger partial charge on any atom is -0.391 e. The Hall–Kier alpha value is -7.22. The third kappa shape index (κ3) is 12.8. The van der Waals surface area contributed by atoms with Crippen LogP contribution in [0.3, 0.4) is 0 Å². The van der Waals surface area contributed by atoms with Gasteiger partial charge in [0, 0.05) is 37.8 Å². The number of carbonyl (C=O) groups is 7. The quantitative estimate of drug-likeness (QED) is 0.0823. The molecule has 0 saturated heterocycles. The molecule has 7 aromatic heterocycles. The van der Waals surface area contributed by atoms with Gasteiger partial charge in [0.05, 0.1) is 35.7 Å². The van der Waals surface area contributed by atoms with Crippen molar-refractivity contribution in [2.45, 2.75) is 84.4 Å². The van der Waals surface area contributed by atoms with E-state index in [1.54, 1.807) is 36.7 Å². The molecule has 6 amide bonds. The highest BCUT2D eigenvalue weighted by Gasteiger charge is 2.35. The molecule has 400 valence electrons. The number of nitrogens with zero attached hydrogens (tertiary/aromatic N) is 7. The van der Waals surface area contributed by atoms with Gasteiger partial charge in [0.2, 0.25) is 5.91 Å². The Morgan fingerprint density at radius 3 is 1.87 bits per heavy atom. The summed E-state index contributed by atoms with van der Waals surface area (Å²) < 4.78 is 0. The lowest BCUT2D eigenvalue weighted by molar-refractivity contribution is -0.124. The van der Waals surface area contributed by atoms with Gasteiger partial charge in [-0.3, -0.25) is 33.6 Å². The smallest absolute Gasteiger partial charge is 0.275 e. The third-order valence-electron chi connectivity index (χ3n) is 11.2. The van der Waals surface area contributed by atoms with Gasteiger partial charge in [-0.05, 0) is 60.6 Å². The average Bonchev–Trinajstić information content (AvgIpc) is 4.26. The molecule has 8 heterocycles. The maximum atomic E-state index is 13.9. The number of Topliss-reactive ketones (excluding diaryl/α,β-unsaturated/α-hetero) is 1. The molecule has 1 aliphatic heterocycles. The summed E-state index contributed by atoms with van der Waals surface area (Å²) >= 11 is 6.64. The Balaban J connectivity index is 1.15. The van der Waals surface area contributed by atoms with Crippen LogP contribution < -0.4 is 31.9 Å². The molecule has 0 saturated carbocycles. The van der Waals surface area contributed by atoms with Gasteiger partial charge >= 0.3 is 0 Å². The molecule has 29 heteroatoms. The fourth-order valence-electron chi connectivity index (χ4n) is 7.17. The Morgan fingerprint density at radius 2 is 1.21 bits per heavy atom. The Kier molecular flexibility index (Phi) is 17.1. The Bertz CT molecular complexity index is 3490. The fourth-order valence-corrected chi connectivity index (χ4v) is 12.4. The molecule has 5 atom stereocenters. The molecule has 0 aliphatic carbocycles. The van der Waals surface area contributed by atoms with E-state index in [0.717, 1.165) is 56.7 Å². The number of fused-ring (bicyclic) bond motifs is 11. The molecular formula is C48H47N13O10S6. The lowest BCUT2D eigenvalue weighted by atomic mass is 9.99. The van der Waals surface area contributed by atoms with E-state index in [-0.39, 0.29) is 67.2 Å². The number of nitrogens with one attached hydrogen (secondary N) is 6. The summed E-state index contributed by atoms with van der Waals surface area (Å²) in [7, 11) is 0. The first-order valence-electron chi connectivity index (χ1n) is 23.1. The van der Waals surface area contributed by atoms with Crippen LogP contribution in [-0.4, -0.2) is 122 Å². The molecule has 23 nitrogen and oxygen atoms in total. The molecule has 8 rings (SSSR count). The number of carbonyl (C=O) groups excluding carboxylic acids is 7. The molecule has 77 heavy (non-hydrogen) atoms. The second-order valence-electron chi connectivity index (χ2n) is 17.6. The van der Waals surface area contributed by atoms with Gasteiger partial charge in [0.25, 0.3) is 29.5 Å². The maximum absolute atomic E-state index is 13.9. The first kappa shape index (κ1) is 56.0. The fraction of sp³-hybridized carbons (Fsp3) is 0.292. The highest BCUT2D eigenvalue weighted by atomic mass is 32.1. The molecule has 0 fully saturated rings. The molecular weight excluding hydrogens is 1110 g/mol. The normalized spacial score (nSPS) is 18.1. The van der Waals surface area contributed by atoms with Gasteiger partial charge in [-0.15, -0.1) is 68.0 Å². The van der Waals surface area contributed by atoms with Crippen LogP contribution in [0.4, 0.5) is 0 Å². The van der Waals surface area contributed by atoms with Crippen molar-refractivity contribution >= 4 is 115 Å². The van der Waals surface area contributed by atoms with Crippen LogP contribution >= 0.6 is 68.0 Å². The van der Waals surface area contributed by atoms with E-state index in [9.17, 15) is 48.9 Å². The zero-order valence-corrected chi connectivity index (χ0v) is 46.5. The van der Waals surface area contributed by atoms with Crippen LogP contribution in [0.5, 0.6) is 0 Å². The summed E-state index contributed by atoms with van der Waals surface area (Å²) in [5.74, 6) is -4.50. The molecule has 0 unspecified atom stereocenters. The summed E-state index contributed by atoms with van der Waals surface area (Å²) in [6.45, 7) is 10.0.